The monoisotopic (exact) mass is 1030 g/mol. The van der Waals surface area contributed by atoms with Crippen LogP contribution in [0.15, 0.2) is 53.0 Å². The van der Waals surface area contributed by atoms with Gasteiger partial charge in [-0.1, -0.05) is 99.9 Å². The molecule has 6 nitrogen and oxygen atoms in total. The summed E-state index contributed by atoms with van der Waals surface area (Å²) >= 11 is 15.1. The van der Waals surface area contributed by atoms with Crippen molar-refractivity contribution >= 4 is 50.8 Å². The highest BCUT2D eigenvalue weighted by molar-refractivity contribution is 9.10. The number of amides is 1. The van der Waals surface area contributed by atoms with Crippen LogP contribution in [0.2, 0.25) is 10.0 Å². The molecule has 0 bridgehead atoms. The Hall–Kier alpha value is -1.48. The number of Topliss-reactive ketones (excluding diaryl/α,β-unsaturated/α-hetero) is 1. The number of halogens is 3. The highest BCUT2D eigenvalue weighted by atomic mass is 79.9. The third kappa shape index (κ3) is 10.3. The van der Waals surface area contributed by atoms with Gasteiger partial charge in [0.15, 0.2) is 5.78 Å². The van der Waals surface area contributed by atoms with Crippen molar-refractivity contribution in [1.29, 1.82) is 0 Å². The molecule has 0 aromatic heterocycles. The maximum Gasteiger partial charge on any atom is 0.249 e. The number of carbonyl (C=O) groups excluding carboxylic acids is 2. The van der Waals surface area contributed by atoms with Gasteiger partial charge in [0, 0.05) is 39.0 Å². The van der Waals surface area contributed by atoms with Gasteiger partial charge in [0.2, 0.25) is 5.91 Å². The molecule has 8 fully saturated rings. The number of rotatable bonds is 4. The molecule has 0 unspecified atom stereocenters. The van der Waals surface area contributed by atoms with Gasteiger partial charge >= 0.3 is 0 Å². The molecule has 8 aliphatic rings. The zero-order chi connectivity index (χ0) is 46.9. The number of nitrogens with zero attached hydrogens (tertiary/aromatic N) is 1. The van der Waals surface area contributed by atoms with Crippen molar-refractivity contribution in [3.05, 3.63) is 68.6 Å². The zero-order valence-electron chi connectivity index (χ0n) is 40.8. The first-order chi connectivity index (χ1) is 30.5. The van der Waals surface area contributed by atoms with Crippen LogP contribution < -0.4 is 0 Å². The van der Waals surface area contributed by atoms with E-state index in [0.29, 0.717) is 45.3 Å². The Morgan fingerprint density at radius 2 is 1.04 bits per heavy atom. The van der Waals surface area contributed by atoms with Gasteiger partial charge in [0.1, 0.15) is 0 Å². The molecule has 2 aromatic carbocycles. The maximum atomic E-state index is 13.5. The quantitative estimate of drug-likeness (QED) is 0.235. The summed E-state index contributed by atoms with van der Waals surface area (Å²) in [6.07, 6.45) is 20.6. The topological polar surface area (TPSA) is 87.1 Å². The molecule has 10 rings (SSSR count). The Labute approximate surface area is 424 Å². The van der Waals surface area contributed by atoms with Crippen molar-refractivity contribution in [2.24, 2.45) is 80.8 Å². The van der Waals surface area contributed by atoms with Gasteiger partial charge in [-0.05, 0) is 229 Å². The van der Waals surface area contributed by atoms with Crippen LogP contribution >= 0.6 is 39.1 Å². The average molecular weight is 1030 g/mol. The molecule has 0 heterocycles. The Morgan fingerprint density at radius 1 is 0.597 bits per heavy atom. The normalized spacial score (nSPS) is 43.4. The highest BCUT2D eigenvalue weighted by Gasteiger charge is 2.64. The molecule has 376 valence electrons. The summed E-state index contributed by atoms with van der Waals surface area (Å²) in [5.41, 5.74) is 0.886. The summed E-state index contributed by atoms with van der Waals surface area (Å²) in [4.78, 5) is 31.6. The summed E-state index contributed by atoms with van der Waals surface area (Å²) in [6.45, 7) is 14.0. The molecule has 2 aromatic rings. The Morgan fingerprint density at radius 3 is 1.49 bits per heavy atom. The first-order valence-electron chi connectivity index (χ1n) is 25.5. The lowest BCUT2D eigenvalue weighted by atomic mass is 9.44. The van der Waals surface area contributed by atoms with E-state index in [1.807, 2.05) is 62.4 Å². The van der Waals surface area contributed by atoms with Crippen LogP contribution in [-0.4, -0.2) is 52.3 Å². The molecular weight excluding hydrogens is 941 g/mol. The Kier molecular flexibility index (Phi) is 16.8. The van der Waals surface area contributed by atoms with Crippen LogP contribution in [0.5, 0.6) is 0 Å². The molecule has 67 heavy (non-hydrogen) atoms. The molecule has 0 radical (unpaired) electrons. The highest BCUT2D eigenvalue weighted by Crippen LogP contribution is 2.70. The maximum absolute atomic E-state index is 13.5. The van der Waals surface area contributed by atoms with E-state index in [0.717, 1.165) is 77.3 Å². The third-order valence-electron chi connectivity index (χ3n) is 21.0. The van der Waals surface area contributed by atoms with Crippen LogP contribution in [0.1, 0.15) is 182 Å². The van der Waals surface area contributed by atoms with Crippen molar-refractivity contribution in [3.63, 3.8) is 0 Å². The summed E-state index contributed by atoms with van der Waals surface area (Å²) in [5, 5.41) is 24.2. The van der Waals surface area contributed by atoms with Crippen LogP contribution in [0.4, 0.5) is 0 Å². The van der Waals surface area contributed by atoms with E-state index in [2.05, 4.69) is 43.6 Å². The molecule has 8 saturated carbocycles. The van der Waals surface area contributed by atoms with Gasteiger partial charge in [-0.15, -0.1) is 0 Å². The standard InChI is InChI=1S/C27H37ClO2.C23H39NO3.C6H4BrCl.2CH4/c1-25(30)13-14-26(2)18(16-25)7-8-20-21-9-10-23(27(21,3)12-11-22(20)26)24(29)17-5-4-6-19(28)15-17;1-21(26)12-13-22(2)15(14-21)6-7-16-17-8-9-19(20(25)24(4)27-5)23(17,3)11-10-18(16)22;7-5-2-1-3-6(8)4-5;;/h4-6,15,18,20-23,30H,7-14,16H2,1-3H3;15-19,26H,6-14H2,1-5H3;1-4H;2*1H4/t18-,20+,21+,22+,23-,25-,26+,27+;15-,16+,17+,18+,19-,21-,22+,23+;;;/m11.../s1. The molecular formula is C58H88BrCl2NO5. The second-order valence-corrected chi connectivity index (χ2v) is 26.2. The predicted octanol–water partition coefficient (Wildman–Crippen LogP) is 15.7. The fraction of sp³-hybridized carbons (Fsp3) is 0.759. The number of ketones is 1. The van der Waals surface area contributed by atoms with E-state index in [9.17, 15) is 19.8 Å². The molecule has 9 heteroatoms. The largest absolute Gasteiger partial charge is 0.390 e. The summed E-state index contributed by atoms with van der Waals surface area (Å²) in [5.74, 6) is 6.49. The van der Waals surface area contributed by atoms with Crippen LogP contribution in [-0.2, 0) is 9.63 Å². The van der Waals surface area contributed by atoms with Gasteiger partial charge in [-0.2, -0.15) is 0 Å². The van der Waals surface area contributed by atoms with E-state index < -0.39 is 11.2 Å². The SMILES string of the molecule is C.C.CON(C)C(=O)[C@H]1CC[C@H]2[C@@H]3CC[C@@H]4C[C@](C)(O)CC[C@]4(C)[C@H]3CC[C@]12C.C[C@@]1(O)CC[C@@]2(C)[C@H](CC[C@@H]3[C@@H]2CC[C@]2(C)[C@@H](C(=O)c4cccc(Cl)c4)CC[C@@H]32)C1.Clc1cccc(Br)c1. The number of aliphatic hydroxyl groups is 2. The van der Waals surface area contributed by atoms with E-state index in [1.165, 1.54) is 82.1 Å². The lowest BCUT2D eigenvalue weighted by molar-refractivity contribution is -0.182. The van der Waals surface area contributed by atoms with Crippen molar-refractivity contribution in [2.45, 2.75) is 183 Å². The van der Waals surface area contributed by atoms with Crippen molar-refractivity contribution in [2.75, 3.05) is 14.2 Å². The van der Waals surface area contributed by atoms with E-state index in [4.69, 9.17) is 28.0 Å². The minimum absolute atomic E-state index is 0. The van der Waals surface area contributed by atoms with Gasteiger partial charge < -0.3 is 10.2 Å². The smallest absolute Gasteiger partial charge is 0.249 e. The predicted molar refractivity (Wildman–Crippen MR) is 280 cm³/mol. The summed E-state index contributed by atoms with van der Waals surface area (Å²) in [7, 11) is 3.34. The molecule has 0 aliphatic heterocycles. The molecule has 0 spiro atoms. The molecule has 1 amide bonds. The fourth-order valence-corrected chi connectivity index (χ4v) is 18.2. The number of carbonyl (C=O) groups is 2. The minimum Gasteiger partial charge on any atom is -0.390 e. The van der Waals surface area contributed by atoms with Gasteiger partial charge in [-0.25, -0.2) is 5.06 Å². The molecule has 8 aliphatic carbocycles. The first kappa shape index (κ1) is 54.8. The van der Waals surface area contributed by atoms with E-state index in [1.54, 1.807) is 14.2 Å². The number of benzene rings is 2. The minimum atomic E-state index is -0.470. The summed E-state index contributed by atoms with van der Waals surface area (Å²) < 4.78 is 1.02. The second-order valence-electron chi connectivity index (χ2n) is 24.4. The van der Waals surface area contributed by atoms with Crippen LogP contribution in [0.3, 0.4) is 0 Å². The lowest BCUT2D eigenvalue weighted by Crippen LogP contribution is -2.56. The number of hydrogen-bond donors (Lipinski definition) is 2. The Bertz CT molecular complexity index is 2040. The first-order valence-corrected chi connectivity index (χ1v) is 27.1. The molecule has 16 atom stereocenters. The number of hydrogen-bond acceptors (Lipinski definition) is 5. The number of hydroxylamine groups is 2. The fourth-order valence-electron chi connectivity index (χ4n) is 17.3. The zero-order valence-corrected chi connectivity index (χ0v) is 43.9. The van der Waals surface area contributed by atoms with Crippen molar-refractivity contribution in [1.82, 2.24) is 5.06 Å². The molecule has 2 N–H and O–H groups in total. The van der Waals surface area contributed by atoms with Gasteiger partial charge in [0.05, 0.1) is 18.3 Å². The van der Waals surface area contributed by atoms with Crippen LogP contribution in [0.25, 0.3) is 0 Å². The summed E-state index contributed by atoms with van der Waals surface area (Å²) in [6, 6.07) is 15.1. The molecule has 0 saturated heterocycles. The van der Waals surface area contributed by atoms with E-state index >= 15 is 0 Å². The van der Waals surface area contributed by atoms with Gasteiger partial charge in [-0.3, -0.25) is 14.4 Å². The number of fused-ring (bicyclic) bond motifs is 10. The van der Waals surface area contributed by atoms with E-state index in [-0.39, 0.29) is 43.4 Å². The Balaban J connectivity index is 0.000000186. The van der Waals surface area contributed by atoms with Gasteiger partial charge in [0.25, 0.3) is 0 Å². The average Bonchev–Trinajstić information content (AvgIpc) is 3.80. The lowest BCUT2D eigenvalue weighted by Gasteiger charge is -2.61. The van der Waals surface area contributed by atoms with Crippen molar-refractivity contribution in [3.8, 4) is 0 Å². The third-order valence-corrected chi connectivity index (χ3v) is 22.0. The van der Waals surface area contributed by atoms with Crippen LogP contribution in [0, 0.1) is 80.8 Å². The van der Waals surface area contributed by atoms with Crippen molar-refractivity contribution < 1.29 is 24.6 Å². The second kappa shape index (κ2) is 20.6.